The molecule has 0 amide bonds. The largest absolute Gasteiger partial charge is 0.352 e. The molecule has 2 N–H and O–H groups in total. The van der Waals surface area contributed by atoms with Gasteiger partial charge in [0.25, 0.3) is 0 Å². The van der Waals surface area contributed by atoms with Crippen molar-refractivity contribution in [3.05, 3.63) is 18.1 Å². The Morgan fingerprint density at radius 1 is 1.33 bits per heavy atom. The summed E-state index contributed by atoms with van der Waals surface area (Å²) < 4.78 is 0. The van der Waals surface area contributed by atoms with E-state index in [-0.39, 0.29) is 0 Å². The Morgan fingerprint density at radius 2 is 2.22 bits per heavy atom. The van der Waals surface area contributed by atoms with E-state index < -0.39 is 0 Å². The third-order valence-electron chi connectivity index (χ3n) is 3.66. The van der Waals surface area contributed by atoms with Crippen LogP contribution in [-0.4, -0.2) is 29.1 Å². The highest BCUT2D eigenvalue weighted by molar-refractivity contribution is 5.40. The van der Waals surface area contributed by atoms with Gasteiger partial charge < -0.3 is 10.6 Å². The van der Waals surface area contributed by atoms with Crippen LogP contribution in [-0.2, 0) is 6.42 Å². The molecule has 1 saturated heterocycles. The first-order chi connectivity index (χ1) is 8.85. The smallest absolute Gasteiger partial charge is 0.132 e. The van der Waals surface area contributed by atoms with Crippen molar-refractivity contribution in [1.29, 1.82) is 0 Å². The van der Waals surface area contributed by atoms with Gasteiger partial charge in [0.05, 0.1) is 0 Å². The molecule has 1 aliphatic heterocycles. The van der Waals surface area contributed by atoms with Gasteiger partial charge in [0.15, 0.2) is 0 Å². The molecule has 1 unspecified atom stereocenters. The molecule has 1 aromatic rings. The van der Waals surface area contributed by atoms with Crippen molar-refractivity contribution in [3.8, 4) is 0 Å². The molecule has 1 aliphatic rings. The summed E-state index contributed by atoms with van der Waals surface area (Å²) in [4.78, 5) is 11.2. The van der Waals surface area contributed by atoms with E-state index in [9.17, 15) is 0 Å². The van der Waals surface area contributed by atoms with Crippen LogP contribution in [0.25, 0.3) is 0 Å². The van der Waals surface area contributed by atoms with E-state index in [0.29, 0.717) is 12.6 Å². The number of aromatic nitrogens is 2. The maximum absolute atomic E-state index is 5.91. The van der Waals surface area contributed by atoms with Crippen LogP contribution >= 0.6 is 0 Å². The number of hydrogen-bond acceptors (Lipinski definition) is 4. The Morgan fingerprint density at radius 3 is 3.00 bits per heavy atom. The van der Waals surface area contributed by atoms with Crippen molar-refractivity contribution in [2.45, 2.75) is 51.5 Å². The van der Waals surface area contributed by atoms with Gasteiger partial charge in [-0.25, -0.2) is 9.97 Å². The van der Waals surface area contributed by atoms with Crippen LogP contribution in [0.5, 0.6) is 0 Å². The second kappa shape index (κ2) is 6.69. The van der Waals surface area contributed by atoms with Gasteiger partial charge in [0.1, 0.15) is 12.1 Å². The number of anilines is 1. The van der Waals surface area contributed by atoms with Crippen LogP contribution in [0, 0.1) is 0 Å². The maximum atomic E-state index is 5.91. The summed E-state index contributed by atoms with van der Waals surface area (Å²) in [7, 11) is 0. The molecular weight excluding hydrogens is 224 g/mol. The minimum Gasteiger partial charge on any atom is -0.352 e. The Hall–Kier alpha value is -1.16. The Bertz CT molecular complexity index is 367. The lowest BCUT2D eigenvalue weighted by atomic mass is 10.1. The second-order valence-electron chi connectivity index (χ2n) is 5.05. The third-order valence-corrected chi connectivity index (χ3v) is 3.66. The number of aryl methyl sites for hydroxylation is 1. The summed E-state index contributed by atoms with van der Waals surface area (Å²) >= 11 is 0. The van der Waals surface area contributed by atoms with Crippen LogP contribution in [0.4, 0.5) is 5.82 Å². The fourth-order valence-corrected chi connectivity index (χ4v) is 2.66. The van der Waals surface area contributed by atoms with E-state index in [2.05, 4.69) is 27.9 Å². The zero-order chi connectivity index (χ0) is 12.8. The predicted molar refractivity (Wildman–Crippen MR) is 74.7 cm³/mol. The fourth-order valence-electron chi connectivity index (χ4n) is 2.66. The molecule has 1 aromatic heterocycles. The molecule has 0 radical (unpaired) electrons. The maximum Gasteiger partial charge on any atom is 0.132 e. The number of nitrogens with two attached hydrogens (primary N) is 1. The topological polar surface area (TPSA) is 55.0 Å². The highest BCUT2D eigenvalue weighted by atomic mass is 15.2. The van der Waals surface area contributed by atoms with Gasteiger partial charge in [0, 0.05) is 30.9 Å². The summed E-state index contributed by atoms with van der Waals surface area (Å²) in [6, 6.07) is 2.58. The molecule has 1 fully saturated rings. The zero-order valence-corrected chi connectivity index (χ0v) is 11.3. The van der Waals surface area contributed by atoms with Gasteiger partial charge in [-0.05, 0) is 19.3 Å². The average Bonchev–Trinajstić information content (AvgIpc) is 2.64. The van der Waals surface area contributed by atoms with Crippen molar-refractivity contribution >= 4 is 5.82 Å². The van der Waals surface area contributed by atoms with E-state index in [1.54, 1.807) is 6.33 Å². The summed E-state index contributed by atoms with van der Waals surface area (Å²) in [6.45, 7) is 3.97. The first kappa shape index (κ1) is 13.3. The van der Waals surface area contributed by atoms with Crippen LogP contribution in [0.15, 0.2) is 12.4 Å². The van der Waals surface area contributed by atoms with Gasteiger partial charge in [-0.2, -0.15) is 0 Å². The van der Waals surface area contributed by atoms with Gasteiger partial charge in [0.2, 0.25) is 0 Å². The Balaban J connectivity index is 2.18. The van der Waals surface area contributed by atoms with Crippen LogP contribution in [0.1, 0.15) is 44.7 Å². The van der Waals surface area contributed by atoms with E-state index in [1.165, 1.54) is 25.7 Å². The van der Waals surface area contributed by atoms with Crippen molar-refractivity contribution < 1.29 is 0 Å². The van der Waals surface area contributed by atoms with E-state index in [0.717, 1.165) is 30.9 Å². The molecule has 0 saturated carbocycles. The van der Waals surface area contributed by atoms with Gasteiger partial charge in [-0.15, -0.1) is 0 Å². The Kier molecular flexibility index (Phi) is 4.93. The second-order valence-corrected chi connectivity index (χ2v) is 5.05. The number of nitrogens with zero attached hydrogens (tertiary/aromatic N) is 3. The first-order valence-corrected chi connectivity index (χ1v) is 7.12. The van der Waals surface area contributed by atoms with Gasteiger partial charge in [-0.1, -0.05) is 26.2 Å². The fraction of sp³-hybridized carbons (Fsp3) is 0.714. The van der Waals surface area contributed by atoms with Gasteiger partial charge in [-0.3, -0.25) is 0 Å². The lowest BCUT2D eigenvalue weighted by Crippen LogP contribution is -2.40. The molecule has 0 aromatic carbocycles. The highest BCUT2D eigenvalue weighted by Crippen LogP contribution is 2.22. The molecule has 1 atom stereocenters. The normalized spacial score (nSPS) is 20.8. The molecule has 0 aliphatic carbocycles. The van der Waals surface area contributed by atoms with Crippen LogP contribution < -0.4 is 10.6 Å². The zero-order valence-electron chi connectivity index (χ0n) is 11.3. The average molecular weight is 248 g/mol. The molecule has 2 heterocycles. The van der Waals surface area contributed by atoms with Crippen molar-refractivity contribution in [3.63, 3.8) is 0 Å². The van der Waals surface area contributed by atoms with E-state index >= 15 is 0 Å². The Labute approximate surface area is 110 Å². The van der Waals surface area contributed by atoms with Crippen LogP contribution in [0.3, 0.4) is 0 Å². The summed E-state index contributed by atoms with van der Waals surface area (Å²) in [6.07, 6.45) is 8.85. The number of rotatable bonds is 4. The molecule has 0 bridgehead atoms. The van der Waals surface area contributed by atoms with Crippen molar-refractivity contribution in [2.24, 2.45) is 5.73 Å². The van der Waals surface area contributed by atoms with Gasteiger partial charge >= 0.3 is 0 Å². The minimum absolute atomic E-state index is 0.442. The lowest BCUT2D eigenvalue weighted by Gasteiger charge is -2.30. The summed E-state index contributed by atoms with van der Waals surface area (Å²) in [5.74, 6) is 1.06. The molecule has 0 spiro atoms. The first-order valence-electron chi connectivity index (χ1n) is 7.12. The summed E-state index contributed by atoms with van der Waals surface area (Å²) in [5, 5.41) is 0. The standard InChI is InChI=1S/C14H24N4/c1-2-6-12-9-14(17-11-16-12)18-8-5-3-4-7-13(18)10-15/h9,11,13H,2-8,10,15H2,1H3. The van der Waals surface area contributed by atoms with E-state index in [4.69, 9.17) is 5.73 Å². The van der Waals surface area contributed by atoms with Crippen molar-refractivity contribution in [1.82, 2.24) is 9.97 Å². The molecule has 18 heavy (non-hydrogen) atoms. The highest BCUT2D eigenvalue weighted by Gasteiger charge is 2.21. The predicted octanol–water partition coefficient (Wildman–Crippen LogP) is 2.14. The van der Waals surface area contributed by atoms with Crippen molar-refractivity contribution in [2.75, 3.05) is 18.0 Å². The quantitative estimate of drug-likeness (QED) is 0.887. The SMILES string of the molecule is CCCc1cc(N2CCCCCC2CN)ncn1. The molecule has 100 valence electrons. The summed E-state index contributed by atoms with van der Waals surface area (Å²) in [5.41, 5.74) is 7.05. The molecule has 4 heteroatoms. The molecule has 4 nitrogen and oxygen atoms in total. The minimum atomic E-state index is 0.442. The monoisotopic (exact) mass is 248 g/mol. The van der Waals surface area contributed by atoms with E-state index in [1.807, 2.05) is 0 Å². The third kappa shape index (κ3) is 3.19. The van der Waals surface area contributed by atoms with Crippen LogP contribution in [0.2, 0.25) is 0 Å². The molecular formula is C14H24N4. The molecule has 2 rings (SSSR count). The lowest BCUT2D eigenvalue weighted by molar-refractivity contribution is 0.575. The number of hydrogen-bond donors (Lipinski definition) is 1.